The number of benzene rings is 2. The molecule has 0 unspecified atom stereocenters. The van der Waals surface area contributed by atoms with Crippen LogP contribution >= 0.6 is 11.6 Å². The van der Waals surface area contributed by atoms with Crippen molar-refractivity contribution in [3.63, 3.8) is 0 Å². The van der Waals surface area contributed by atoms with Crippen LogP contribution in [0, 0.1) is 5.92 Å². The molecule has 2 aliphatic heterocycles. The molecule has 0 bridgehead atoms. The Kier molecular flexibility index (Phi) is 5.86. The molecule has 29 heavy (non-hydrogen) atoms. The minimum absolute atomic E-state index is 0.0461. The summed E-state index contributed by atoms with van der Waals surface area (Å²) < 4.78 is 11.1. The highest BCUT2D eigenvalue weighted by molar-refractivity contribution is 6.30. The second kappa shape index (κ2) is 8.70. The molecule has 2 aromatic carbocycles. The van der Waals surface area contributed by atoms with E-state index in [4.69, 9.17) is 21.1 Å². The second-order valence-corrected chi connectivity index (χ2v) is 7.65. The molecule has 0 aliphatic carbocycles. The summed E-state index contributed by atoms with van der Waals surface area (Å²) >= 11 is 5.97. The largest absolute Gasteiger partial charge is 0.486 e. The minimum atomic E-state index is -0.0847. The van der Waals surface area contributed by atoms with Crippen molar-refractivity contribution in [2.45, 2.75) is 12.8 Å². The highest BCUT2D eigenvalue weighted by atomic mass is 35.5. The van der Waals surface area contributed by atoms with Gasteiger partial charge in [-0.1, -0.05) is 23.7 Å². The monoisotopic (exact) mass is 411 g/mol. The van der Waals surface area contributed by atoms with Crippen molar-refractivity contribution in [2.24, 2.45) is 5.92 Å². The van der Waals surface area contributed by atoms with Gasteiger partial charge in [0.15, 0.2) is 17.3 Å². The fourth-order valence-electron chi connectivity index (χ4n) is 3.68. The molecular weight excluding hydrogens is 390 g/mol. The lowest BCUT2D eigenvalue weighted by atomic mass is 9.88. The first-order valence-corrected chi connectivity index (χ1v) is 10.1. The second-order valence-electron chi connectivity index (χ2n) is 7.21. The third kappa shape index (κ3) is 4.62. The van der Waals surface area contributed by atoms with E-state index in [1.165, 1.54) is 0 Å². The standard InChI is InChI=1S/C23H22ClNO4/c24-19-3-1-2-16(14-19)4-7-22(26)25-10-8-17(9-11-25)23(27)18-5-6-20-21(15-18)29-13-12-28-20/h1-7,14-15,17H,8-13H2/b7-4+. The molecule has 1 amide bonds. The average molecular weight is 412 g/mol. The van der Waals surface area contributed by atoms with E-state index in [-0.39, 0.29) is 17.6 Å². The number of piperidine rings is 1. The Morgan fingerprint density at radius 2 is 1.76 bits per heavy atom. The first-order valence-electron chi connectivity index (χ1n) is 9.76. The summed E-state index contributed by atoms with van der Waals surface area (Å²) in [4.78, 5) is 27.1. The molecule has 0 radical (unpaired) electrons. The van der Waals surface area contributed by atoms with Crippen LogP contribution in [-0.2, 0) is 4.79 Å². The zero-order valence-electron chi connectivity index (χ0n) is 16.0. The number of rotatable bonds is 4. The molecule has 0 aromatic heterocycles. The van der Waals surface area contributed by atoms with Crippen molar-refractivity contribution in [2.75, 3.05) is 26.3 Å². The van der Waals surface area contributed by atoms with Crippen molar-refractivity contribution >= 4 is 29.4 Å². The van der Waals surface area contributed by atoms with E-state index in [0.717, 1.165) is 5.56 Å². The number of halogens is 1. The lowest BCUT2D eigenvalue weighted by molar-refractivity contribution is -0.127. The molecule has 2 aliphatic rings. The minimum Gasteiger partial charge on any atom is -0.486 e. The van der Waals surface area contributed by atoms with Gasteiger partial charge in [-0.05, 0) is 54.8 Å². The van der Waals surface area contributed by atoms with Gasteiger partial charge in [0.05, 0.1) is 0 Å². The van der Waals surface area contributed by atoms with Gasteiger partial charge in [-0.25, -0.2) is 0 Å². The van der Waals surface area contributed by atoms with Gasteiger partial charge in [0.25, 0.3) is 0 Å². The quantitative estimate of drug-likeness (QED) is 0.557. The maximum atomic E-state index is 12.9. The van der Waals surface area contributed by atoms with Gasteiger partial charge in [0, 0.05) is 35.7 Å². The highest BCUT2D eigenvalue weighted by Gasteiger charge is 2.28. The fraction of sp³-hybridized carbons (Fsp3) is 0.304. The van der Waals surface area contributed by atoms with Gasteiger partial charge in [-0.15, -0.1) is 0 Å². The molecular formula is C23H22ClNO4. The summed E-state index contributed by atoms with van der Waals surface area (Å²) in [6, 6.07) is 12.7. The van der Waals surface area contributed by atoms with Gasteiger partial charge >= 0.3 is 0 Å². The number of ether oxygens (including phenoxy) is 2. The number of hydrogen-bond acceptors (Lipinski definition) is 4. The molecule has 2 heterocycles. The first-order chi connectivity index (χ1) is 14.1. The molecule has 0 atom stereocenters. The lowest BCUT2D eigenvalue weighted by Gasteiger charge is -2.30. The van der Waals surface area contributed by atoms with Crippen LogP contribution in [-0.4, -0.2) is 42.9 Å². The van der Waals surface area contributed by atoms with Crippen molar-refractivity contribution in [1.29, 1.82) is 0 Å². The summed E-state index contributed by atoms with van der Waals surface area (Å²) in [6.45, 7) is 2.16. The predicted octanol–water partition coefficient (Wildman–Crippen LogP) is 4.25. The molecule has 4 rings (SSSR count). The van der Waals surface area contributed by atoms with Crippen LogP contribution in [0.3, 0.4) is 0 Å². The van der Waals surface area contributed by atoms with Gasteiger partial charge in [0.1, 0.15) is 13.2 Å². The number of amides is 1. The molecule has 5 nitrogen and oxygen atoms in total. The third-order valence-corrected chi connectivity index (χ3v) is 5.51. The fourth-order valence-corrected chi connectivity index (χ4v) is 3.88. The summed E-state index contributed by atoms with van der Waals surface area (Å²) in [5.41, 5.74) is 1.52. The van der Waals surface area contributed by atoms with Crippen LogP contribution in [0.1, 0.15) is 28.8 Å². The smallest absolute Gasteiger partial charge is 0.246 e. The molecule has 0 saturated carbocycles. The van der Waals surface area contributed by atoms with Crippen LogP contribution < -0.4 is 9.47 Å². The zero-order valence-corrected chi connectivity index (χ0v) is 16.7. The Bertz CT molecular complexity index is 948. The maximum Gasteiger partial charge on any atom is 0.246 e. The lowest BCUT2D eigenvalue weighted by Crippen LogP contribution is -2.39. The van der Waals surface area contributed by atoms with Gasteiger partial charge < -0.3 is 14.4 Å². The SMILES string of the molecule is O=C(c1ccc2c(c1)OCCO2)C1CCN(C(=O)/C=C/c2cccc(Cl)c2)CC1. The van der Waals surface area contributed by atoms with E-state index in [2.05, 4.69) is 0 Å². The van der Waals surface area contributed by atoms with E-state index in [0.29, 0.717) is 61.2 Å². The number of carbonyl (C=O) groups is 2. The average Bonchev–Trinajstić information content (AvgIpc) is 2.77. The summed E-state index contributed by atoms with van der Waals surface area (Å²) in [6.07, 6.45) is 4.64. The zero-order chi connectivity index (χ0) is 20.2. The molecule has 1 fully saturated rings. The Morgan fingerprint density at radius 3 is 2.52 bits per heavy atom. The van der Waals surface area contributed by atoms with Crippen molar-refractivity contribution in [1.82, 2.24) is 4.90 Å². The van der Waals surface area contributed by atoms with Crippen LogP contribution in [0.4, 0.5) is 0 Å². The Balaban J connectivity index is 1.34. The maximum absolute atomic E-state index is 12.9. The van der Waals surface area contributed by atoms with Crippen LogP contribution in [0.5, 0.6) is 11.5 Å². The summed E-state index contributed by atoms with van der Waals surface area (Å²) in [7, 11) is 0. The topological polar surface area (TPSA) is 55.8 Å². The highest BCUT2D eigenvalue weighted by Crippen LogP contribution is 2.32. The normalized spacial score (nSPS) is 16.8. The third-order valence-electron chi connectivity index (χ3n) is 5.27. The van der Waals surface area contributed by atoms with E-state index in [9.17, 15) is 9.59 Å². The Morgan fingerprint density at radius 1 is 1.00 bits per heavy atom. The van der Waals surface area contributed by atoms with Crippen LogP contribution in [0.25, 0.3) is 6.08 Å². The molecule has 2 aromatic rings. The van der Waals surface area contributed by atoms with E-state index in [1.807, 2.05) is 18.2 Å². The number of Topliss-reactive ketones (excluding diaryl/α,β-unsaturated/α-hetero) is 1. The summed E-state index contributed by atoms with van der Waals surface area (Å²) in [5, 5.41) is 0.637. The Hall–Kier alpha value is -2.79. The number of carbonyl (C=O) groups excluding carboxylic acids is 2. The van der Waals surface area contributed by atoms with Crippen molar-refractivity contribution in [3.8, 4) is 11.5 Å². The molecule has 6 heteroatoms. The number of nitrogens with zero attached hydrogens (tertiary/aromatic N) is 1. The van der Waals surface area contributed by atoms with E-state index < -0.39 is 0 Å². The van der Waals surface area contributed by atoms with Crippen molar-refractivity contribution in [3.05, 3.63) is 64.7 Å². The Labute approximate surface area is 174 Å². The number of likely N-dealkylation sites (tertiary alicyclic amines) is 1. The van der Waals surface area contributed by atoms with Crippen molar-refractivity contribution < 1.29 is 19.1 Å². The van der Waals surface area contributed by atoms with E-state index >= 15 is 0 Å². The molecule has 1 saturated heterocycles. The number of fused-ring (bicyclic) bond motifs is 1. The first kappa shape index (κ1) is 19.5. The van der Waals surface area contributed by atoms with Gasteiger partial charge in [-0.3, -0.25) is 9.59 Å². The van der Waals surface area contributed by atoms with Crippen LogP contribution in [0.15, 0.2) is 48.5 Å². The van der Waals surface area contributed by atoms with Gasteiger partial charge in [-0.2, -0.15) is 0 Å². The van der Waals surface area contributed by atoms with Gasteiger partial charge in [0.2, 0.25) is 5.91 Å². The molecule has 150 valence electrons. The predicted molar refractivity (Wildman–Crippen MR) is 112 cm³/mol. The molecule has 0 N–H and O–H groups in total. The number of ketones is 1. The molecule has 0 spiro atoms. The number of hydrogen-bond donors (Lipinski definition) is 0. The van der Waals surface area contributed by atoms with E-state index in [1.54, 1.807) is 41.3 Å². The van der Waals surface area contributed by atoms with Crippen LogP contribution in [0.2, 0.25) is 5.02 Å². The summed E-state index contributed by atoms with van der Waals surface area (Å²) in [5.74, 6) is 1.28.